The van der Waals surface area contributed by atoms with Crippen LogP contribution < -0.4 is 5.48 Å². The van der Waals surface area contributed by atoms with Gasteiger partial charge >= 0.3 is 0 Å². The van der Waals surface area contributed by atoms with Crippen molar-refractivity contribution in [1.29, 1.82) is 0 Å². The molecule has 1 heterocycles. The van der Waals surface area contributed by atoms with E-state index in [0.29, 0.717) is 13.2 Å². The van der Waals surface area contributed by atoms with Gasteiger partial charge in [0.05, 0.1) is 23.9 Å². The number of nitrogens with one attached hydrogen (secondary N) is 1. The van der Waals surface area contributed by atoms with Crippen LogP contribution in [0.15, 0.2) is 5.38 Å². The summed E-state index contributed by atoms with van der Waals surface area (Å²) in [5.41, 5.74) is 3.89. The smallest absolute Gasteiger partial charge is 0.0926 e. The predicted molar refractivity (Wildman–Crippen MR) is 50.0 cm³/mol. The first kappa shape index (κ1) is 9.64. The van der Waals surface area contributed by atoms with Crippen molar-refractivity contribution in [2.24, 2.45) is 0 Å². The van der Waals surface area contributed by atoms with E-state index in [1.54, 1.807) is 11.3 Å². The lowest BCUT2D eigenvalue weighted by Crippen LogP contribution is -2.13. The minimum absolute atomic E-state index is 0.685. The quantitative estimate of drug-likeness (QED) is 0.562. The second-order valence-corrected chi connectivity index (χ2v) is 3.28. The minimum Gasteiger partial charge on any atom is -0.302 e. The molecule has 4 heteroatoms. The van der Waals surface area contributed by atoms with E-state index in [2.05, 4.69) is 22.8 Å². The standard InChI is InChI=1S/C8H14N2OS/c1-3-8-10-7(6-12-8)5-9-11-4-2/h6,9H,3-5H2,1-2H3. The Morgan fingerprint density at radius 3 is 3.00 bits per heavy atom. The maximum atomic E-state index is 4.99. The van der Waals surface area contributed by atoms with Crippen LogP contribution in [0, 0.1) is 0 Å². The SMILES string of the molecule is CCONCc1csc(CC)n1. The fourth-order valence-electron chi connectivity index (χ4n) is 0.820. The first-order valence-electron chi connectivity index (χ1n) is 4.14. The van der Waals surface area contributed by atoms with Crippen LogP contribution in [0.2, 0.25) is 0 Å². The zero-order valence-corrected chi connectivity index (χ0v) is 8.28. The third kappa shape index (κ3) is 2.89. The number of hydroxylamine groups is 1. The fourth-order valence-corrected chi connectivity index (χ4v) is 1.56. The number of nitrogens with zero attached hydrogens (tertiary/aromatic N) is 1. The Labute approximate surface area is 76.7 Å². The molecule has 0 fully saturated rings. The van der Waals surface area contributed by atoms with Gasteiger partial charge < -0.3 is 4.84 Å². The summed E-state index contributed by atoms with van der Waals surface area (Å²) in [6.07, 6.45) is 1.01. The van der Waals surface area contributed by atoms with E-state index in [1.807, 2.05) is 6.92 Å². The van der Waals surface area contributed by atoms with E-state index in [1.165, 1.54) is 5.01 Å². The maximum absolute atomic E-state index is 4.99. The van der Waals surface area contributed by atoms with Crippen LogP contribution in [0.4, 0.5) is 0 Å². The molecule has 12 heavy (non-hydrogen) atoms. The summed E-state index contributed by atoms with van der Waals surface area (Å²) in [7, 11) is 0. The normalized spacial score (nSPS) is 10.5. The number of thiazole rings is 1. The summed E-state index contributed by atoms with van der Waals surface area (Å²) in [5, 5.41) is 3.24. The summed E-state index contributed by atoms with van der Waals surface area (Å²) in [6, 6.07) is 0. The molecule has 0 radical (unpaired) electrons. The zero-order chi connectivity index (χ0) is 8.81. The molecular formula is C8H14N2OS. The van der Waals surface area contributed by atoms with Gasteiger partial charge in [0.1, 0.15) is 0 Å². The van der Waals surface area contributed by atoms with Gasteiger partial charge in [-0.05, 0) is 13.3 Å². The highest BCUT2D eigenvalue weighted by atomic mass is 32.1. The van der Waals surface area contributed by atoms with Crippen LogP contribution in [-0.2, 0) is 17.8 Å². The van der Waals surface area contributed by atoms with Crippen LogP contribution >= 0.6 is 11.3 Å². The van der Waals surface area contributed by atoms with Gasteiger partial charge in [-0.1, -0.05) is 6.92 Å². The summed E-state index contributed by atoms with van der Waals surface area (Å²) >= 11 is 1.70. The van der Waals surface area contributed by atoms with E-state index < -0.39 is 0 Å². The molecule has 0 aliphatic rings. The van der Waals surface area contributed by atoms with Crippen LogP contribution in [0.5, 0.6) is 0 Å². The van der Waals surface area contributed by atoms with E-state index in [0.717, 1.165) is 12.1 Å². The van der Waals surface area contributed by atoms with Crippen molar-refractivity contribution in [3.8, 4) is 0 Å². The monoisotopic (exact) mass is 186 g/mol. The molecule has 3 nitrogen and oxygen atoms in total. The van der Waals surface area contributed by atoms with Crippen LogP contribution in [-0.4, -0.2) is 11.6 Å². The average Bonchev–Trinajstić information content (AvgIpc) is 2.53. The molecule has 1 N–H and O–H groups in total. The largest absolute Gasteiger partial charge is 0.302 e. The topological polar surface area (TPSA) is 34.1 Å². The first-order chi connectivity index (χ1) is 5.86. The second kappa shape index (κ2) is 5.24. The molecule has 0 unspecified atom stereocenters. The Bertz CT molecular complexity index is 225. The molecule has 0 saturated carbocycles. The Kier molecular flexibility index (Phi) is 4.21. The Hall–Kier alpha value is -0.450. The number of aryl methyl sites for hydroxylation is 1. The predicted octanol–water partition coefficient (Wildman–Crippen LogP) is 1.75. The van der Waals surface area contributed by atoms with Crippen molar-refractivity contribution in [2.45, 2.75) is 26.8 Å². The minimum atomic E-state index is 0.685. The molecule has 0 aliphatic heterocycles. The molecule has 0 aromatic carbocycles. The average molecular weight is 186 g/mol. The number of hydrogen-bond donors (Lipinski definition) is 1. The molecule has 0 amide bonds. The molecule has 0 bridgehead atoms. The Morgan fingerprint density at radius 1 is 1.58 bits per heavy atom. The maximum Gasteiger partial charge on any atom is 0.0926 e. The summed E-state index contributed by atoms with van der Waals surface area (Å²) in [4.78, 5) is 9.37. The van der Waals surface area contributed by atoms with Crippen molar-refractivity contribution < 1.29 is 4.84 Å². The Morgan fingerprint density at radius 2 is 2.42 bits per heavy atom. The van der Waals surface area contributed by atoms with E-state index in [-0.39, 0.29) is 0 Å². The van der Waals surface area contributed by atoms with E-state index >= 15 is 0 Å². The number of rotatable bonds is 5. The van der Waals surface area contributed by atoms with Gasteiger partial charge in [0, 0.05) is 5.38 Å². The lowest BCUT2D eigenvalue weighted by atomic mass is 10.5. The van der Waals surface area contributed by atoms with Crippen LogP contribution in [0.1, 0.15) is 24.5 Å². The third-order valence-corrected chi connectivity index (χ3v) is 2.44. The summed E-state index contributed by atoms with van der Waals surface area (Å²) in [6.45, 7) is 5.44. The zero-order valence-electron chi connectivity index (χ0n) is 7.46. The second-order valence-electron chi connectivity index (χ2n) is 2.34. The van der Waals surface area contributed by atoms with Gasteiger partial charge in [-0.15, -0.1) is 11.3 Å². The van der Waals surface area contributed by atoms with E-state index in [4.69, 9.17) is 4.84 Å². The number of aromatic nitrogens is 1. The fraction of sp³-hybridized carbons (Fsp3) is 0.625. The molecule has 68 valence electrons. The molecule has 1 aromatic rings. The van der Waals surface area contributed by atoms with Crippen molar-refractivity contribution >= 4 is 11.3 Å². The lowest BCUT2D eigenvalue weighted by molar-refractivity contribution is 0.0457. The van der Waals surface area contributed by atoms with Gasteiger partial charge in [-0.25, -0.2) is 4.98 Å². The molecule has 0 saturated heterocycles. The van der Waals surface area contributed by atoms with E-state index in [9.17, 15) is 0 Å². The highest BCUT2D eigenvalue weighted by molar-refractivity contribution is 7.09. The van der Waals surface area contributed by atoms with Gasteiger partial charge in [0.2, 0.25) is 0 Å². The summed E-state index contributed by atoms with van der Waals surface area (Å²) < 4.78 is 0. The van der Waals surface area contributed by atoms with Gasteiger partial charge in [0.25, 0.3) is 0 Å². The molecule has 0 atom stereocenters. The van der Waals surface area contributed by atoms with Gasteiger partial charge in [-0.3, -0.25) is 0 Å². The summed E-state index contributed by atoms with van der Waals surface area (Å²) in [5.74, 6) is 0. The Balaban J connectivity index is 2.31. The van der Waals surface area contributed by atoms with Crippen molar-refractivity contribution in [3.05, 3.63) is 16.1 Å². The van der Waals surface area contributed by atoms with Crippen molar-refractivity contribution in [2.75, 3.05) is 6.61 Å². The molecular weight excluding hydrogens is 172 g/mol. The van der Waals surface area contributed by atoms with Crippen LogP contribution in [0.25, 0.3) is 0 Å². The highest BCUT2D eigenvalue weighted by Gasteiger charge is 1.98. The third-order valence-electron chi connectivity index (χ3n) is 1.40. The molecule has 1 aromatic heterocycles. The lowest BCUT2D eigenvalue weighted by Gasteiger charge is -1.99. The molecule has 0 aliphatic carbocycles. The molecule has 1 rings (SSSR count). The highest BCUT2D eigenvalue weighted by Crippen LogP contribution is 2.09. The van der Waals surface area contributed by atoms with Gasteiger partial charge in [0.15, 0.2) is 0 Å². The van der Waals surface area contributed by atoms with Crippen molar-refractivity contribution in [1.82, 2.24) is 10.5 Å². The van der Waals surface area contributed by atoms with Gasteiger partial charge in [-0.2, -0.15) is 5.48 Å². The first-order valence-corrected chi connectivity index (χ1v) is 5.02. The number of hydrogen-bond acceptors (Lipinski definition) is 4. The molecule has 0 spiro atoms. The van der Waals surface area contributed by atoms with Crippen molar-refractivity contribution in [3.63, 3.8) is 0 Å². The van der Waals surface area contributed by atoms with Crippen LogP contribution in [0.3, 0.4) is 0 Å².